The molecule has 0 heterocycles. The molecule has 0 aromatic heterocycles. The van der Waals surface area contributed by atoms with Crippen molar-refractivity contribution in [1.29, 1.82) is 0 Å². The Morgan fingerprint density at radius 1 is 1.10 bits per heavy atom. The maximum atomic E-state index is 14.0. The Morgan fingerprint density at radius 3 is 2.29 bits per heavy atom. The highest BCUT2D eigenvalue weighted by Gasteiger charge is 2.18. The molecule has 0 aliphatic carbocycles. The van der Waals surface area contributed by atoms with E-state index in [1.165, 1.54) is 11.6 Å². The average Bonchev–Trinajstić information content (AvgIpc) is 2.46. The summed E-state index contributed by atoms with van der Waals surface area (Å²) in [6.07, 6.45) is 0.690. The quantitative estimate of drug-likeness (QED) is 0.836. The lowest BCUT2D eigenvalue weighted by Gasteiger charge is -2.18. The van der Waals surface area contributed by atoms with Crippen LogP contribution in [0.2, 0.25) is 5.02 Å². The summed E-state index contributed by atoms with van der Waals surface area (Å²) in [6.45, 7) is 4.69. The zero-order valence-corrected chi connectivity index (χ0v) is 13.2. The van der Waals surface area contributed by atoms with E-state index in [0.29, 0.717) is 29.5 Å². The summed E-state index contributed by atoms with van der Waals surface area (Å²) in [6, 6.07) is 13.2. The van der Waals surface area contributed by atoms with Crippen molar-refractivity contribution in [2.75, 3.05) is 6.54 Å². The van der Waals surface area contributed by atoms with Crippen LogP contribution in [-0.4, -0.2) is 6.54 Å². The van der Waals surface area contributed by atoms with E-state index in [0.717, 1.165) is 5.56 Å². The van der Waals surface area contributed by atoms with E-state index in [9.17, 15) is 4.39 Å². The summed E-state index contributed by atoms with van der Waals surface area (Å²) in [4.78, 5) is 0. The van der Waals surface area contributed by atoms with Crippen LogP contribution < -0.4 is 5.73 Å². The van der Waals surface area contributed by atoms with Gasteiger partial charge in [-0.3, -0.25) is 0 Å². The SMILES string of the molecule is CC(C)c1ccc(CC(CN)c2c(F)cccc2Cl)cc1. The van der Waals surface area contributed by atoms with Gasteiger partial charge in [0.15, 0.2) is 0 Å². The molecular formula is C18H21ClFN. The van der Waals surface area contributed by atoms with Gasteiger partial charge in [-0.15, -0.1) is 0 Å². The van der Waals surface area contributed by atoms with Crippen LogP contribution in [0.25, 0.3) is 0 Å². The molecule has 21 heavy (non-hydrogen) atoms. The van der Waals surface area contributed by atoms with Crippen LogP contribution in [0.5, 0.6) is 0 Å². The first kappa shape index (κ1) is 16.0. The van der Waals surface area contributed by atoms with Gasteiger partial charge in [-0.25, -0.2) is 4.39 Å². The highest BCUT2D eigenvalue weighted by molar-refractivity contribution is 6.31. The molecule has 3 heteroatoms. The van der Waals surface area contributed by atoms with Crippen LogP contribution in [0.4, 0.5) is 4.39 Å². The molecule has 0 radical (unpaired) electrons. The minimum absolute atomic E-state index is 0.108. The number of rotatable bonds is 5. The topological polar surface area (TPSA) is 26.0 Å². The minimum atomic E-state index is -0.281. The van der Waals surface area contributed by atoms with Gasteiger partial charge in [0.25, 0.3) is 0 Å². The van der Waals surface area contributed by atoms with Crippen molar-refractivity contribution in [1.82, 2.24) is 0 Å². The van der Waals surface area contributed by atoms with Crippen molar-refractivity contribution in [3.63, 3.8) is 0 Å². The fourth-order valence-electron chi connectivity index (χ4n) is 2.53. The monoisotopic (exact) mass is 305 g/mol. The summed E-state index contributed by atoms with van der Waals surface area (Å²) in [5.74, 6) is 0.116. The molecule has 112 valence electrons. The van der Waals surface area contributed by atoms with Gasteiger partial charge >= 0.3 is 0 Å². The van der Waals surface area contributed by atoms with Gasteiger partial charge in [0, 0.05) is 16.5 Å². The molecule has 1 unspecified atom stereocenters. The molecule has 2 aromatic rings. The summed E-state index contributed by atoms with van der Waals surface area (Å²) < 4.78 is 14.0. The van der Waals surface area contributed by atoms with Crippen LogP contribution >= 0.6 is 11.6 Å². The van der Waals surface area contributed by atoms with E-state index >= 15 is 0 Å². The van der Waals surface area contributed by atoms with Gasteiger partial charge < -0.3 is 5.73 Å². The van der Waals surface area contributed by atoms with Gasteiger partial charge in [0.1, 0.15) is 5.82 Å². The molecule has 0 bridgehead atoms. The molecule has 0 spiro atoms. The van der Waals surface area contributed by atoms with Crippen molar-refractivity contribution in [3.05, 3.63) is 70.0 Å². The highest BCUT2D eigenvalue weighted by atomic mass is 35.5. The lowest BCUT2D eigenvalue weighted by atomic mass is 9.90. The Bertz CT molecular complexity index is 572. The molecule has 0 amide bonds. The first-order valence-corrected chi connectivity index (χ1v) is 7.63. The Labute approximate surface area is 130 Å². The number of benzene rings is 2. The number of hydrogen-bond donors (Lipinski definition) is 1. The number of halogens is 2. The first-order valence-electron chi connectivity index (χ1n) is 7.25. The molecule has 0 saturated heterocycles. The third-order valence-corrected chi connectivity index (χ3v) is 4.15. The van der Waals surface area contributed by atoms with Gasteiger partial charge in [0.05, 0.1) is 0 Å². The van der Waals surface area contributed by atoms with E-state index in [1.807, 2.05) is 0 Å². The van der Waals surface area contributed by atoms with Crippen LogP contribution in [0.3, 0.4) is 0 Å². The lowest BCUT2D eigenvalue weighted by Crippen LogP contribution is -2.17. The lowest BCUT2D eigenvalue weighted by molar-refractivity contribution is 0.576. The molecule has 2 rings (SSSR count). The van der Waals surface area contributed by atoms with E-state index in [-0.39, 0.29) is 11.7 Å². The second-order valence-corrected chi connectivity index (χ2v) is 6.08. The smallest absolute Gasteiger partial charge is 0.128 e. The summed E-state index contributed by atoms with van der Waals surface area (Å²) in [5.41, 5.74) is 8.81. The third-order valence-electron chi connectivity index (χ3n) is 3.82. The van der Waals surface area contributed by atoms with E-state index in [2.05, 4.69) is 38.1 Å². The third kappa shape index (κ3) is 3.84. The fourth-order valence-corrected chi connectivity index (χ4v) is 2.84. The van der Waals surface area contributed by atoms with Crippen LogP contribution in [0, 0.1) is 5.82 Å². The van der Waals surface area contributed by atoms with Crippen molar-refractivity contribution >= 4 is 11.6 Å². The van der Waals surface area contributed by atoms with Gasteiger partial charge in [0.2, 0.25) is 0 Å². The van der Waals surface area contributed by atoms with Gasteiger partial charge in [-0.1, -0.05) is 55.8 Å². The molecule has 0 aliphatic rings. The largest absolute Gasteiger partial charge is 0.330 e. The van der Waals surface area contributed by atoms with Crippen molar-refractivity contribution in [3.8, 4) is 0 Å². The maximum Gasteiger partial charge on any atom is 0.128 e. The van der Waals surface area contributed by atoms with E-state index in [1.54, 1.807) is 12.1 Å². The predicted molar refractivity (Wildman–Crippen MR) is 87.4 cm³/mol. The second-order valence-electron chi connectivity index (χ2n) is 5.67. The maximum absolute atomic E-state index is 14.0. The standard InChI is InChI=1S/C18H21ClFN/c1-12(2)14-8-6-13(7-9-14)10-15(11-21)18-16(19)4-3-5-17(18)20/h3-9,12,15H,10-11,21H2,1-2H3. The molecule has 0 fully saturated rings. The molecule has 0 aliphatic heterocycles. The van der Waals surface area contributed by atoms with Crippen molar-refractivity contribution in [2.45, 2.75) is 32.1 Å². The first-order chi connectivity index (χ1) is 10.0. The van der Waals surface area contributed by atoms with Crippen LogP contribution in [0.15, 0.2) is 42.5 Å². The second kappa shape index (κ2) is 7.06. The predicted octanol–water partition coefficient (Wildman–Crippen LogP) is 4.89. The van der Waals surface area contributed by atoms with E-state index in [4.69, 9.17) is 17.3 Å². The van der Waals surface area contributed by atoms with Gasteiger partial charge in [-0.05, 0) is 42.1 Å². The molecule has 2 N–H and O–H groups in total. The number of hydrogen-bond acceptors (Lipinski definition) is 1. The van der Waals surface area contributed by atoms with Crippen LogP contribution in [0.1, 0.15) is 42.4 Å². The molecule has 2 aromatic carbocycles. The Kier molecular flexibility index (Phi) is 5.38. The summed E-state index contributed by atoms with van der Waals surface area (Å²) in [5, 5.41) is 0.448. The normalized spacial score (nSPS) is 12.7. The summed E-state index contributed by atoms with van der Waals surface area (Å²) in [7, 11) is 0. The molecule has 1 atom stereocenters. The fraction of sp³-hybridized carbons (Fsp3) is 0.333. The highest BCUT2D eigenvalue weighted by Crippen LogP contribution is 2.29. The Balaban J connectivity index is 2.23. The zero-order chi connectivity index (χ0) is 15.4. The molecule has 1 nitrogen and oxygen atoms in total. The van der Waals surface area contributed by atoms with Crippen LogP contribution in [-0.2, 0) is 6.42 Å². The molecule has 0 saturated carbocycles. The van der Waals surface area contributed by atoms with Crippen molar-refractivity contribution < 1.29 is 4.39 Å². The Hall–Kier alpha value is -1.38. The molecular weight excluding hydrogens is 285 g/mol. The zero-order valence-electron chi connectivity index (χ0n) is 12.4. The van der Waals surface area contributed by atoms with Gasteiger partial charge in [-0.2, -0.15) is 0 Å². The van der Waals surface area contributed by atoms with Crippen molar-refractivity contribution in [2.24, 2.45) is 5.73 Å². The Morgan fingerprint density at radius 2 is 1.76 bits per heavy atom. The summed E-state index contributed by atoms with van der Waals surface area (Å²) >= 11 is 6.14. The van der Waals surface area contributed by atoms with E-state index < -0.39 is 0 Å². The minimum Gasteiger partial charge on any atom is -0.330 e. The number of nitrogens with two attached hydrogens (primary N) is 1. The average molecular weight is 306 g/mol.